The number of ether oxygens (including phenoxy) is 2. The Labute approximate surface area is 114 Å². The lowest BCUT2D eigenvalue weighted by atomic mass is 9.97. The van der Waals surface area contributed by atoms with E-state index in [1.165, 1.54) is 12.8 Å². The smallest absolute Gasteiger partial charge is 0.163 e. The van der Waals surface area contributed by atoms with E-state index in [-0.39, 0.29) is 0 Å². The molecule has 3 N–H and O–H groups in total. The summed E-state index contributed by atoms with van der Waals surface area (Å²) in [7, 11) is 0. The Morgan fingerprint density at radius 2 is 1.79 bits per heavy atom. The minimum absolute atomic E-state index is 0.500. The number of rotatable bonds is 2. The third-order valence-electron chi connectivity index (χ3n) is 4.52. The molecule has 0 aromatic heterocycles. The predicted molar refractivity (Wildman–Crippen MR) is 76.8 cm³/mol. The summed E-state index contributed by atoms with van der Waals surface area (Å²) in [6, 6.07) is 4.33. The zero-order chi connectivity index (χ0) is 13.4. The molecule has 1 fully saturated rings. The van der Waals surface area contributed by atoms with Gasteiger partial charge in [-0.15, -0.1) is 0 Å². The van der Waals surface area contributed by atoms with E-state index in [9.17, 15) is 0 Å². The van der Waals surface area contributed by atoms with Crippen molar-refractivity contribution in [1.29, 1.82) is 0 Å². The van der Waals surface area contributed by atoms with E-state index in [0.717, 1.165) is 28.8 Å². The predicted octanol–water partition coefficient (Wildman–Crippen LogP) is 2.89. The van der Waals surface area contributed by atoms with Crippen LogP contribution in [0.3, 0.4) is 0 Å². The molecule has 0 amide bonds. The summed E-state index contributed by atoms with van der Waals surface area (Å²) >= 11 is 0. The number of anilines is 2. The van der Waals surface area contributed by atoms with Crippen molar-refractivity contribution in [2.45, 2.75) is 32.7 Å². The second-order valence-corrected chi connectivity index (χ2v) is 5.75. The molecule has 1 saturated carbocycles. The quantitative estimate of drug-likeness (QED) is 0.805. The second kappa shape index (κ2) is 4.83. The monoisotopic (exact) mass is 262 g/mol. The van der Waals surface area contributed by atoms with Gasteiger partial charge in [0.1, 0.15) is 13.2 Å². The maximum Gasteiger partial charge on any atom is 0.163 e. The van der Waals surface area contributed by atoms with Gasteiger partial charge in [0, 0.05) is 18.2 Å². The summed E-state index contributed by atoms with van der Waals surface area (Å²) < 4.78 is 11.1. The third-order valence-corrected chi connectivity index (χ3v) is 4.52. The van der Waals surface area contributed by atoms with Crippen LogP contribution in [-0.2, 0) is 0 Å². The molecule has 0 saturated heterocycles. The fraction of sp³-hybridized carbons (Fsp3) is 0.600. The maximum absolute atomic E-state index is 6.10. The number of nitrogens with one attached hydrogen (secondary N) is 1. The Bertz CT molecular complexity index is 475. The third kappa shape index (κ3) is 2.31. The molecule has 0 radical (unpaired) electrons. The first-order valence-electron chi connectivity index (χ1n) is 7.11. The van der Waals surface area contributed by atoms with E-state index >= 15 is 0 Å². The van der Waals surface area contributed by atoms with Gasteiger partial charge in [-0.2, -0.15) is 0 Å². The normalized spacial score (nSPS) is 29.3. The Balaban J connectivity index is 1.81. The molecule has 104 valence electrons. The molecule has 1 aliphatic carbocycles. The van der Waals surface area contributed by atoms with Gasteiger partial charge in [-0.1, -0.05) is 13.8 Å². The first-order valence-corrected chi connectivity index (χ1v) is 7.11. The van der Waals surface area contributed by atoms with Crippen LogP contribution in [0, 0.1) is 11.8 Å². The summed E-state index contributed by atoms with van der Waals surface area (Å²) in [4.78, 5) is 0. The van der Waals surface area contributed by atoms with E-state index in [2.05, 4.69) is 19.2 Å². The molecule has 1 aromatic carbocycles. The topological polar surface area (TPSA) is 56.5 Å². The number of hydrogen-bond acceptors (Lipinski definition) is 4. The fourth-order valence-electron chi connectivity index (χ4n) is 3.00. The van der Waals surface area contributed by atoms with Crippen LogP contribution in [0.15, 0.2) is 12.1 Å². The van der Waals surface area contributed by atoms with Gasteiger partial charge in [-0.05, 0) is 24.7 Å². The summed E-state index contributed by atoms with van der Waals surface area (Å²) in [5, 5.41) is 3.58. The summed E-state index contributed by atoms with van der Waals surface area (Å²) in [5.41, 5.74) is 7.80. The molecule has 0 spiro atoms. The number of benzene rings is 1. The van der Waals surface area contributed by atoms with Crippen LogP contribution >= 0.6 is 0 Å². The Kier molecular flexibility index (Phi) is 3.17. The SMILES string of the molecule is CC1CCC(Nc2cc3c(cc2N)OCCO3)C1C. The first-order chi connectivity index (χ1) is 9.15. The summed E-state index contributed by atoms with van der Waals surface area (Å²) in [5.74, 6) is 2.99. The minimum Gasteiger partial charge on any atom is -0.486 e. The molecule has 0 bridgehead atoms. The molecule has 3 unspecified atom stereocenters. The van der Waals surface area contributed by atoms with Gasteiger partial charge in [-0.3, -0.25) is 0 Å². The lowest BCUT2D eigenvalue weighted by molar-refractivity contribution is 0.172. The lowest BCUT2D eigenvalue weighted by Gasteiger charge is -2.24. The summed E-state index contributed by atoms with van der Waals surface area (Å²) in [6.45, 7) is 5.83. The number of hydrogen-bond donors (Lipinski definition) is 2. The molecule has 3 atom stereocenters. The van der Waals surface area contributed by atoms with Gasteiger partial charge < -0.3 is 20.5 Å². The fourth-order valence-corrected chi connectivity index (χ4v) is 3.00. The van der Waals surface area contributed by atoms with Gasteiger partial charge in [-0.25, -0.2) is 0 Å². The van der Waals surface area contributed by atoms with Gasteiger partial charge in [0.2, 0.25) is 0 Å². The maximum atomic E-state index is 6.10. The van der Waals surface area contributed by atoms with Crippen LogP contribution < -0.4 is 20.5 Å². The van der Waals surface area contributed by atoms with Crippen LogP contribution in [0.1, 0.15) is 26.7 Å². The molecular formula is C15H22N2O2. The number of fused-ring (bicyclic) bond motifs is 1. The lowest BCUT2D eigenvalue weighted by Crippen LogP contribution is -2.25. The van der Waals surface area contributed by atoms with Crippen LogP contribution in [0.5, 0.6) is 11.5 Å². The highest BCUT2D eigenvalue weighted by Crippen LogP contribution is 2.39. The molecule has 1 aliphatic heterocycles. The van der Waals surface area contributed by atoms with Gasteiger partial charge in [0.05, 0.1) is 11.4 Å². The molecule has 4 heteroatoms. The molecule has 2 aliphatic rings. The van der Waals surface area contributed by atoms with Gasteiger partial charge in [0.25, 0.3) is 0 Å². The van der Waals surface area contributed by atoms with Crippen LogP contribution in [0.4, 0.5) is 11.4 Å². The van der Waals surface area contributed by atoms with Crippen LogP contribution in [0.2, 0.25) is 0 Å². The van der Waals surface area contributed by atoms with Gasteiger partial charge >= 0.3 is 0 Å². The van der Waals surface area contributed by atoms with Crippen molar-refractivity contribution in [1.82, 2.24) is 0 Å². The molecular weight excluding hydrogens is 240 g/mol. The summed E-state index contributed by atoms with van der Waals surface area (Å²) in [6.07, 6.45) is 2.49. The zero-order valence-corrected chi connectivity index (χ0v) is 11.6. The van der Waals surface area contributed by atoms with E-state index in [0.29, 0.717) is 25.2 Å². The second-order valence-electron chi connectivity index (χ2n) is 5.75. The molecule has 19 heavy (non-hydrogen) atoms. The first kappa shape index (κ1) is 12.5. The van der Waals surface area contributed by atoms with Crippen molar-refractivity contribution in [2.75, 3.05) is 24.3 Å². The van der Waals surface area contributed by atoms with Crippen LogP contribution in [-0.4, -0.2) is 19.3 Å². The van der Waals surface area contributed by atoms with Crippen molar-refractivity contribution < 1.29 is 9.47 Å². The average molecular weight is 262 g/mol. The Morgan fingerprint density at radius 3 is 2.42 bits per heavy atom. The minimum atomic E-state index is 0.500. The standard InChI is InChI=1S/C15H22N2O2/c1-9-3-4-12(10(9)2)17-13-8-15-14(7-11(13)16)18-5-6-19-15/h7-10,12,17H,3-6,16H2,1-2H3. The highest BCUT2D eigenvalue weighted by Gasteiger charge is 2.30. The van der Waals surface area contributed by atoms with Gasteiger partial charge in [0.15, 0.2) is 11.5 Å². The number of nitrogen functional groups attached to an aromatic ring is 1. The van der Waals surface area contributed by atoms with E-state index in [1.807, 2.05) is 12.1 Å². The van der Waals surface area contributed by atoms with E-state index in [1.54, 1.807) is 0 Å². The average Bonchev–Trinajstić information content (AvgIpc) is 2.71. The molecule has 3 rings (SSSR count). The van der Waals surface area contributed by atoms with E-state index < -0.39 is 0 Å². The van der Waals surface area contributed by atoms with Crippen molar-refractivity contribution in [3.8, 4) is 11.5 Å². The Hall–Kier alpha value is -1.58. The van der Waals surface area contributed by atoms with Crippen molar-refractivity contribution in [3.05, 3.63) is 12.1 Å². The zero-order valence-electron chi connectivity index (χ0n) is 11.6. The van der Waals surface area contributed by atoms with Crippen molar-refractivity contribution in [3.63, 3.8) is 0 Å². The Morgan fingerprint density at radius 1 is 1.11 bits per heavy atom. The molecule has 1 heterocycles. The molecule has 4 nitrogen and oxygen atoms in total. The van der Waals surface area contributed by atoms with E-state index in [4.69, 9.17) is 15.2 Å². The number of nitrogens with two attached hydrogens (primary N) is 1. The van der Waals surface area contributed by atoms with Crippen LogP contribution in [0.25, 0.3) is 0 Å². The highest BCUT2D eigenvalue weighted by atomic mass is 16.6. The largest absolute Gasteiger partial charge is 0.486 e. The highest BCUT2D eigenvalue weighted by molar-refractivity contribution is 5.72. The van der Waals surface area contributed by atoms with Crippen molar-refractivity contribution >= 4 is 11.4 Å². The van der Waals surface area contributed by atoms with Crippen molar-refractivity contribution in [2.24, 2.45) is 11.8 Å². The molecule has 1 aromatic rings.